The Morgan fingerprint density at radius 3 is 2.54 bits per heavy atom. The normalized spacial score (nSPS) is 16.9. The summed E-state index contributed by atoms with van der Waals surface area (Å²) in [5.74, 6) is 0.932. The number of aliphatic hydroxyl groups is 1. The van der Waals surface area contributed by atoms with Crippen LogP contribution in [0.15, 0.2) is 64.3 Å². The first-order valence-electron chi connectivity index (χ1n) is 18.1. The van der Waals surface area contributed by atoms with Crippen molar-refractivity contribution >= 4 is 40.0 Å². The van der Waals surface area contributed by atoms with E-state index in [0.717, 1.165) is 69.6 Å². The molecule has 2 atom stereocenters. The molecule has 0 spiro atoms. The number of carbonyl (C=O) groups is 1. The van der Waals surface area contributed by atoms with Gasteiger partial charge in [0.2, 0.25) is 5.88 Å². The summed E-state index contributed by atoms with van der Waals surface area (Å²) in [4.78, 5) is 53.7. The number of urea groups is 1. The number of amides is 2. The molecule has 2 unspecified atom stereocenters. The molecule has 282 valence electrons. The third kappa shape index (κ3) is 6.39. The summed E-state index contributed by atoms with van der Waals surface area (Å²) >= 11 is 7.25. The Bertz CT molecular complexity index is 2390. The first-order valence-corrected chi connectivity index (χ1v) is 18.4. The van der Waals surface area contributed by atoms with Crippen LogP contribution in [0.3, 0.4) is 0 Å². The lowest BCUT2D eigenvalue weighted by Crippen LogP contribution is -2.37. The topological polar surface area (TPSA) is 138 Å². The maximum absolute atomic E-state index is 13.2. The molecule has 0 saturated carbocycles. The van der Waals surface area contributed by atoms with Gasteiger partial charge in [0.1, 0.15) is 11.2 Å². The lowest BCUT2D eigenvalue weighted by molar-refractivity contribution is 0.180. The molecule has 2 aromatic carbocycles. The number of fused-ring (bicyclic) bond motifs is 2. The third-order valence-electron chi connectivity index (χ3n) is 11.1. The van der Waals surface area contributed by atoms with E-state index in [1.165, 1.54) is 17.2 Å². The van der Waals surface area contributed by atoms with Crippen molar-refractivity contribution in [1.82, 2.24) is 33.8 Å². The Kier molecular flexibility index (Phi) is 10.2. The molecule has 4 heterocycles. The highest BCUT2D eigenvalue weighted by Gasteiger charge is 2.36. The van der Waals surface area contributed by atoms with E-state index in [1.807, 2.05) is 50.4 Å². The van der Waals surface area contributed by atoms with E-state index in [4.69, 9.17) is 21.3 Å². The van der Waals surface area contributed by atoms with Crippen LogP contribution in [-0.4, -0.2) is 98.4 Å². The lowest BCUT2D eigenvalue weighted by Gasteiger charge is -2.28. The van der Waals surface area contributed by atoms with Crippen LogP contribution in [0.2, 0.25) is 5.02 Å². The summed E-state index contributed by atoms with van der Waals surface area (Å²) in [5.41, 5.74) is 6.79. The third-order valence-corrected chi connectivity index (χ3v) is 11.5. The van der Waals surface area contributed by atoms with Gasteiger partial charge in [0, 0.05) is 75.4 Å². The molecule has 0 bridgehead atoms. The van der Waals surface area contributed by atoms with Gasteiger partial charge in [-0.2, -0.15) is 0 Å². The number of pyridine rings is 2. The smallest absolute Gasteiger partial charge is 0.330 e. The van der Waals surface area contributed by atoms with Crippen LogP contribution in [0.1, 0.15) is 35.6 Å². The van der Waals surface area contributed by atoms with Gasteiger partial charge in [-0.05, 0) is 68.1 Å². The zero-order valence-electron chi connectivity index (χ0n) is 31.4. The zero-order valence-corrected chi connectivity index (χ0v) is 32.1. The number of rotatable bonds is 11. The van der Waals surface area contributed by atoms with Gasteiger partial charge in [-0.15, -0.1) is 0 Å². The summed E-state index contributed by atoms with van der Waals surface area (Å²) < 4.78 is 8.45. The van der Waals surface area contributed by atoms with Crippen molar-refractivity contribution in [3.8, 4) is 28.3 Å². The van der Waals surface area contributed by atoms with Gasteiger partial charge >= 0.3 is 11.7 Å². The molecule has 2 amide bonds. The van der Waals surface area contributed by atoms with Crippen LogP contribution in [0.4, 0.5) is 16.3 Å². The van der Waals surface area contributed by atoms with Crippen molar-refractivity contribution in [3.05, 3.63) is 97.3 Å². The van der Waals surface area contributed by atoms with Crippen LogP contribution in [-0.2, 0) is 20.5 Å². The molecule has 1 fully saturated rings. The SMILES string of the molecule is COc1nc(-c2cccc(-c3cccc(Nc4nccc5c4c(=O)n(C)c(=O)n5C)c3C)c2Cl)cc2c1C(N(C)CCC1CN(CCO)C(=O)N1C)CC2. The highest BCUT2D eigenvalue weighted by atomic mass is 35.5. The second kappa shape index (κ2) is 14.9. The number of aryl methyl sites for hydroxylation is 2. The van der Waals surface area contributed by atoms with Crippen molar-refractivity contribution in [1.29, 1.82) is 0 Å². The molecule has 7 rings (SSSR count). The molecule has 14 heteroatoms. The number of β-amino-alcohol motifs (C(OH)–C–C–N with tert-alkyl or cyclic N) is 1. The highest BCUT2D eigenvalue weighted by Crippen LogP contribution is 2.44. The number of nitrogens with one attached hydrogen (secondary N) is 1. The largest absolute Gasteiger partial charge is 0.481 e. The van der Waals surface area contributed by atoms with Gasteiger partial charge in [0.05, 0.1) is 36.0 Å². The quantitative estimate of drug-likeness (QED) is 0.189. The average molecular weight is 753 g/mol. The lowest BCUT2D eigenvalue weighted by atomic mass is 9.96. The summed E-state index contributed by atoms with van der Waals surface area (Å²) in [6.45, 7) is 3.70. The van der Waals surface area contributed by atoms with Crippen molar-refractivity contribution in [2.75, 3.05) is 52.8 Å². The van der Waals surface area contributed by atoms with Crippen molar-refractivity contribution in [3.63, 3.8) is 0 Å². The van der Waals surface area contributed by atoms with Crippen LogP contribution < -0.4 is 21.3 Å². The fourth-order valence-corrected chi connectivity index (χ4v) is 8.32. The molecular weight excluding hydrogens is 708 g/mol. The Morgan fingerprint density at radius 2 is 1.78 bits per heavy atom. The minimum absolute atomic E-state index is 0.0370. The Labute approximate surface area is 318 Å². The van der Waals surface area contributed by atoms with Gasteiger partial charge in [0.25, 0.3) is 5.56 Å². The summed E-state index contributed by atoms with van der Waals surface area (Å²) in [6.07, 6.45) is 4.18. The van der Waals surface area contributed by atoms with Crippen LogP contribution in [0.5, 0.6) is 5.88 Å². The summed E-state index contributed by atoms with van der Waals surface area (Å²) in [5, 5.41) is 13.6. The second-order valence-electron chi connectivity index (χ2n) is 14.2. The maximum atomic E-state index is 13.2. The number of ether oxygens (including phenoxy) is 1. The molecule has 1 saturated heterocycles. The maximum Gasteiger partial charge on any atom is 0.330 e. The Balaban J connectivity index is 1.16. The fraction of sp³-hybridized carbons (Fsp3) is 0.375. The van der Waals surface area contributed by atoms with E-state index in [0.29, 0.717) is 40.7 Å². The van der Waals surface area contributed by atoms with Crippen LogP contribution >= 0.6 is 11.6 Å². The number of methoxy groups -OCH3 is 1. The Hall–Kier alpha value is -5.24. The molecule has 0 radical (unpaired) electrons. The molecule has 1 aliphatic heterocycles. The van der Waals surface area contributed by atoms with Crippen molar-refractivity contribution in [2.24, 2.45) is 14.1 Å². The summed E-state index contributed by atoms with van der Waals surface area (Å²) in [7, 11) is 8.68. The van der Waals surface area contributed by atoms with E-state index in [2.05, 4.69) is 28.3 Å². The van der Waals surface area contributed by atoms with E-state index in [9.17, 15) is 19.5 Å². The number of halogens is 1. The number of likely N-dealkylation sites (N-methyl/N-ethyl adjacent to an activating group) is 1. The molecular formula is C40H45ClN8O5. The van der Waals surface area contributed by atoms with Gasteiger partial charge in [-0.25, -0.2) is 19.6 Å². The van der Waals surface area contributed by atoms with Gasteiger partial charge in [-0.1, -0.05) is 41.9 Å². The number of aromatic nitrogens is 4. The number of hydrogen-bond acceptors (Lipinski definition) is 9. The highest BCUT2D eigenvalue weighted by molar-refractivity contribution is 6.36. The first kappa shape index (κ1) is 37.1. The predicted molar refractivity (Wildman–Crippen MR) is 211 cm³/mol. The van der Waals surface area contributed by atoms with E-state index in [1.54, 1.807) is 36.2 Å². The minimum atomic E-state index is -0.426. The number of hydrogen-bond donors (Lipinski definition) is 2. The second-order valence-corrected chi connectivity index (χ2v) is 14.5. The van der Waals surface area contributed by atoms with Gasteiger partial charge in [-0.3, -0.25) is 18.8 Å². The number of benzene rings is 2. The molecule has 54 heavy (non-hydrogen) atoms. The fourth-order valence-electron chi connectivity index (χ4n) is 8.00. The number of nitrogens with zero attached hydrogens (tertiary/aromatic N) is 7. The van der Waals surface area contributed by atoms with Crippen LogP contribution in [0.25, 0.3) is 33.3 Å². The van der Waals surface area contributed by atoms with Crippen molar-refractivity contribution in [2.45, 2.75) is 38.3 Å². The molecule has 2 N–H and O–H groups in total. The van der Waals surface area contributed by atoms with Gasteiger partial charge < -0.3 is 25.0 Å². The molecule has 13 nitrogen and oxygen atoms in total. The summed E-state index contributed by atoms with van der Waals surface area (Å²) in [6, 6.07) is 15.7. The average Bonchev–Trinajstić information content (AvgIpc) is 3.72. The number of aliphatic hydroxyl groups excluding tert-OH is 1. The van der Waals surface area contributed by atoms with E-state index < -0.39 is 11.2 Å². The molecule has 5 aromatic rings. The monoisotopic (exact) mass is 752 g/mol. The minimum Gasteiger partial charge on any atom is -0.481 e. The Morgan fingerprint density at radius 1 is 1.04 bits per heavy atom. The van der Waals surface area contributed by atoms with Crippen molar-refractivity contribution < 1.29 is 14.6 Å². The number of carbonyl (C=O) groups excluding carboxylic acids is 1. The molecule has 3 aromatic heterocycles. The first-order chi connectivity index (χ1) is 25.9. The van der Waals surface area contributed by atoms with Crippen LogP contribution in [0, 0.1) is 6.92 Å². The van der Waals surface area contributed by atoms with Gasteiger partial charge in [0.15, 0.2) is 0 Å². The van der Waals surface area contributed by atoms with E-state index >= 15 is 0 Å². The predicted octanol–water partition coefficient (Wildman–Crippen LogP) is 5.11. The van der Waals surface area contributed by atoms with E-state index in [-0.39, 0.29) is 24.7 Å². The molecule has 2 aliphatic rings. The standard InChI is InChI=1S/C40H45ClN8O5/c1-23-26(9-8-12-29(23)43-36-34-32(15-17-42-36)47(4)39(52)48(5)38(34)51)27-10-7-11-28(35(27)41)30-21-24-13-14-31(33(24)37(44-30)54-6)45(2)18-16-25-22-49(19-20-50)40(53)46(25)3/h7-12,15,17,21,25,31,50H,13-14,16,18-20,22H2,1-6H3,(H,42,43). The molecule has 1 aliphatic carbocycles. The number of anilines is 2. The zero-order chi connectivity index (χ0) is 38.4.